The van der Waals surface area contributed by atoms with Crippen LogP contribution >= 0.6 is 0 Å². The maximum Gasteiger partial charge on any atom is 0.303 e. The average molecular weight is 222 g/mol. The first kappa shape index (κ1) is 14.7. The second-order valence-corrected chi connectivity index (χ2v) is 4.18. The summed E-state index contributed by atoms with van der Waals surface area (Å²) in [7, 11) is 0. The van der Waals surface area contributed by atoms with Crippen molar-refractivity contribution in [1.29, 1.82) is 0 Å². The first-order valence-electron chi connectivity index (χ1n) is 5.70. The van der Waals surface area contributed by atoms with Gasteiger partial charge in [-0.05, 0) is 30.8 Å². The molecule has 1 atom stereocenters. The first-order valence-corrected chi connectivity index (χ1v) is 5.70. The van der Waals surface area contributed by atoms with Gasteiger partial charge in [0.25, 0.3) is 0 Å². The molecule has 0 saturated heterocycles. The van der Waals surface area contributed by atoms with E-state index in [0.717, 1.165) is 5.57 Å². The van der Waals surface area contributed by atoms with E-state index in [1.54, 1.807) is 0 Å². The molecule has 0 aliphatic carbocycles. The van der Waals surface area contributed by atoms with Gasteiger partial charge in [-0.1, -0.05) is 44.7 Å². The van der Waals surface area contributed by atoms with Crippen molar-refractivity contribution in [2.45, 2.75) is 33.6 Å². The lowest BCUT2D eigenvalue weighted by Crippen LogP contribution is -2.12. The van der Waals surface area contributed by atoms with Gasteiger partial charge in [-0.15, -0.1) is 0 Å². The molecule has 0 aromatic carbocycles. The highest BCUT2D eigenvalue weighted by molar-refractivity contribution is 5.66. The third kappa shape index (κ3) is 5.54. The molecule has 16 heavy (non-hydrogen) atoms. The maximum atomic E-state index is 10.6. The Hall–Kier alpha value is -1.31. The monoisotopic (exact) mass is 222 g/mol. The second kappa shape index (κ2) is 7.91. The van der Waals surface area contributed by atoms with Crippen LogP contribution in [0.4, 0.5) is 0 Å². The lowest BCUT2D eigenvalue weighted by atomic mass is 9.84. The van der Waals surface area contributed by atoms with Crippen molar-refractivity contribution in [2.75, 3.05) is 0 Å². The van der Waals surface area contributed by atoms with Crippen LogP contribution in [0.1, 0.15) is 33.6 Å². The molecule has 90 valence electrons. The predicted octanol–water partition coefficient (Wildman–Crippen LogP) is 3.81. The van der Waals surface area contributed by atoms with Gasteiger partial charge in [-0.3, -0.25) is 4.79 Å². The molecular formula is C14H22O2. The van der Waals surface area contributed by atoms with Gasteiger partial charge < -0.3 is 5.11 Å². The van der Waals surface area contributed by atoms with Crippen LogP contribution in [0.15, 0.2) is 36.5 Å². The van der Waals surface area contributed by atoms with E-state index < -0.39 is 5.97 Å². The van der Waals surface area contributed by atoms with Gasteiger partial charge in [0, 0.05) is 6.42 Å². The molecule has 0 aromatic rings. The van der Waals surface area contributed by atoms with E-state index in [9.17, 15) is 4.79 Å². The molecule has 0 rings (SSSR count). The van der Waals surface area contributed by atoms with Crippen LogP contribution in [0, 0.1) is 11.8 Å². The van der Waals surface area contributed by atoms with Crippen LogP contribution in [0.25, 0.3) is 0 Å². The Kier molecular flexibility index (Phi) is 7.27. The molecule has 0 aliphatic heterocycles. The third-order valence-corrected chi connectivity index (χ3v) is 2.62. The third-order valence-electron chi connectivity index (χ3n) is 2.62. The normalized spacial score (nSPS) is 14.4. The van der Waals surface area contributed by atoms with Crippen molar-refractivity contribution >= 4 is 5.97 Å². The Morgan fingerprint density at radius 1 is 1.44 bits per heavy atom. The fourth-order valence-electron chi connectivity index (χ4n) is 1.71. The molecule has 1 unspecified atom stereocenters. The van der Waals surface area contributed by atoms with Crippen LogP contribution in [-0.4, -0.2) is 11.1 Å². The fourth-order valence-corrected chi connectivity index (χ4v) is 1.71. The highest BCUT2D eigenvalue weighted by atomic mass is 16.4. The van der Waals surface area contributed by atoms with Gasteiger partial charge in [0.2, 0.25) is 0 Å². The minimum Gasteiger partial charge on any atom is -0.481 e. The predicted molar refractivity (Wildman–Crippen MR) is 68.3 cm³/mol. The number of aliphatic carboxylic acids is 1. The molecule has 1 N–H and O–H groups in total. The number of rotatable bonds is 7. The van der Waals surface area contributed by atoms with Gasteiger partial charge in [-0.2, -0.15) is 0 Å². The van der Waals surface area contributed by atoms with Crippen LogP contribution in [0.5, 0.6) is 0 Å². The second-order valence-electron chi connectivity index (χ2n) is 4.18. The van der Waals surface area contributed by atoms with Gasteiger partial charge in [0.15, 0.2) is 0 Å². The lowest BCUT2D eigenvalue weighted by Gasteiger charge is -2.21. The van der Waals surface area contributed by atoms with Crippen molar-refractivity contribution < 1.29 is 9.90 Å². The van der Waals surface area contributed by atoms with Gasteiger partial charge in [0.1, 0.15) is 0 Å². The first-order chi connectivity index (χ1) is 7.52. The zero-order chi connectivity index (χ0) is 12.6. The standard InChI is InChI=1S/C14H22O2/c1-5-7-8-12(6-2)13(11(3)4)9-10-14(15)16/h5-8,11,13H,2,9-10H2,1,3-4H3,(H,15,16)/b7-5-,12-8+. The van der Waals surface area contributed by atoms with E-state index in [2.05, 4.69) is 20.4 Å². The summed E-state index contributed by atoms with van der Waals surface area (Å²) < 4.78 is 0. The summed E-state index contributed by atoms with van der Waals surface area (Å²) in [6.07, 6.45) is 8.64. The summed E-state index contributed by atoms with van der Waals surface area (Å²) in [5.41, 5.74) is 1.12. The van der Waals surface area contributed by atoms with E-state index in [4.69, 9.17) is 5.11 Å². The molecule has 0 amide bonds. The van der Waals surface area contributed by atoms with Crippen LogP contribution < -0.4 is 0 Å². The molecule has 2 heteroatoms. The minimum absolute atomic E-state index is 0.212. The number of allylic oxidation sites excluding steroid dienone is 5. The van der Waals surface area contributed by atoms with E-state index in [0.29, 0.717) is 12.3 Å². The molecule has 0 heterocycles. The summed E-state index contributed by atoms with van der Waals surface area (Å²) in [5, 5.41) is 8.72. The summed E-state index contributed by atoms with van der Waals surface area (Å²) in [6, 6.07) is 0. The Morgan fingerprint density at radius 2 is 2.06 bits per heavy atom. The zero-order valence-electron chi connectivity index (χ0n) is 10.4. The van der Waals surface area contributed by atoms with E-state index in [1.807, 2.05) is 31.2 Å². The summed E-state index contributed by atoms with van der Waals surface area (Å²) in [4.78, 5) is 10.6. The van der Waals surface area contributed by atoms with Crippen molar-refractivity contribution in [1.82, 2.24) is 0 Å². The summed E-state index contributed by atoms with van der Waals surface area (Å²) in [5.74, 6) is -0.0428. The van der Waals surface area contributed by atoms with E-state index in [1.165, 1.54) is 0 Å². The molecule has 0 spiro atoms. The Bertz CT molecular complexity index is 285. The molecule has 0 saturated carbocycles. The van der Waals surface area contributed by atoms with Gasteiger partial charge >= 0.3 is 5.97 Å². The SMILES string of the molecule is C=C/C(=C\C=C/C)C(CCC(=O)O)C(C)C. The maximum absolute atomic E-state index is 10.6. The molecular weight excluding hydrogens is 200 g/mol. The van der Waals surface area contributed by atoms with Crippen LogP contribution in [-0.2, 0) is 4.79 Å². The van der Waals surface area contributed by atoms with Crippen molar-refractivity contribution in [3.8, 4) is 0 Å². The zero-order valence-corrected chi connectivity index (χ0v) is 10.4. The topological polar surface area (TPSA) is 37.3 Å². The molecule has 0 bridgehead atoms. The number of carbonyl (C=O) groups is 1. The highest BCUT2D eigenvalue weighted by Crippen LogP contribution is 2.26. The summed E-state index contributed by atoms with van der Waals surface area (Å²) >= 11 is 0. The Balaban J connectivity index is 4.72. The quantitative estimate of drug-likeness (QED) is 0.665. The van der Waals surface area contributed by atoms with Crippen LogP contribution in [0.3, 0.4) is 0 Å². The minimum atomic E-state index is -0.736. The largest absolute Gasteiger partial charge is 0.481 e. The number of carboxylic acid groups (broad SMARTS) is 1. The molecule has 0 fully saturated rings. The summed E-state index contributed by atoms with van der Waals surface area (Å²) in [6.45, 7) is 9.97. The van der Waals surface area contributed by atoms with Crippen LogP contribution in [0.2, 0.25) is 0 Å². The molecule has 0 aliphatic rings. The molecule has 2 nitrogen and oxygen atoms in total. The Morgan fingerprint density at radius 3 is 2.44 bits per heavy atom. The number of hydrogen-bond donors (Lipinski definition) is 1. The number of hydrogen-bond acceptors (Lipinski definition) is 1. The van der Waals surface area contributed by atoms with Gasteiger partial charge in [0.05, 0.1) is 0 Å². The lowest BCUT2D eigenvalue weighted by molar-refractivity contribution is -0.137. The van der Waals surface area contributed by atoms with Crippen molar-refractivity contribution in [2.24, 2.45) is 11.8 Å². The van der Waals surface area contributed by atoms with Crippen molar-refractivity contribution in [3.63, 3.8) is 0 Å². The van der Waals surface area contributed by atoms with Gasteiger partial charge in [-0.25, -0.2) is 0 Å². The fraction of sp³-hybridized carbons (Fsp3) is 0.500. The molecule has 0 aromatic heterocycles. The van der Waals surface area contributed by atoms with Crippen molar-refractivity contribution in [3.05, 3.63) is 36.5 Å². The van der Waals surface area contributed by atoms with E-state index in [-0.39, 0.29) is 12.3 Å². The molecule has 0 radical (unpaired) electrons. The average Bonchev–Trinajstić information content (AvgIpc) is 2.21. The Labute approximate surface area is 98.4 Å². The van der Waals surface area contributed by atoms with E-state index >= 15 is 0 Å². The highest BCUT2D eigenvalue weighted by Gasteiger charge is 2.17. The number of carboxylic acids is 1. The smallest absolute Gasteiger partial charge is 0.303 e.